The van der Waals surface area contributed by atoms with Crippen molar-refractivity contribution in [3.8, 4) is 5.75 Å². The van der Waals surface area contributed by atoms with Crippen LogP contribution in [0.5, 0.6) is 5.75 Å². The van der Waals surface area contributed by atoms with Crippen LogP contribution >= 0.6 is 15.9 Å². The largest absolute Gasteiger partial charge is 0.497 e. The Morgan fingerprint density at radius 3 is 2.52 bits per heavy atom. The van der Waals surface area contributed by atoms with Crippen LogP contribution in [-0.2, 0) is 16.0 Å². The zero-order valence-electron chi connectivity index (χ0n) is 16.2. The van der Waals surface area contributed by atoms with Crippen LogP contribution < -0.4 is 10.1 Å². The molecule has 0 aliphatic heterocycles. The van der Waals surface area contributed by atoms with E-state index in [-0.39, 0.29) is 6.61 Å². The lowest BCUT2D eigenvalue weighted by Gasteiger charge is -2.20. The van der Waals surface area contributed by atoms with Crippen molar-refractivity contribution < 1.29 is 23.8 Å². The van der Waals surface area contributed by atoms with E-state index in [2.05, 4.69) is 21.2 Å². The van der Waals surface area contributed by atoms with E-state index in [4.69, 9.17) is 14.2 Å². The highest BCUT2D eigenvalue weighted by Crippen LogP contribution is 2.32. The summed E-state index contributed by atoms with van der Waals surface area (Å²) < 4.78 is 18.3. The summed E-state index contributed by atoms with van der Waals surface area (Å²) >= 11 is 3.54. The quantitative estimate of drug-likeness (QED) is 0.683. The van der Waals surface area contributed by atoms with Crippen molar-refractivity contribution in [2.45, 2.75) is 39.8 Å². The molecule has 1 aromatic heterocycles. The third-order valence-corrected chi connectivity index (χ3v) is 4.25. The molecular formula is C19H25BrN2O5. The molecule has 0 aliphatic rings. The van der Waals surface area contributed by atoms with Crippen LogP contribution in [0.1, 0.15) is 38.2 Å². The molecule has 0 spiro atoms. The fraction of sp³-hybridized carbons (Fsp3) is 0.474. The number of alkyl carbamates (subject to hydrolysis) is 1. The van der Waals surface area contributed by atoms with Gasteiger partial charge in [-0.3, -0.25) is 0 Å². The number of nitrogens with zero attached hydrogens (tertiary/aromatic N) is 1. The van der Waals surface area contributed by atoms with E-state index in [9.17, 15) is 9.59 Å². The molecule has 0 fully saturated rings. The normalized spacial score (nSPS) is 11.3. The van der Waals surface area contributed by atoms with Crippen molar-refractivity contribution in [2.75, 3.05) is 20.3 Å². The molecule has 8 heteroatoms. The predicted octanol–water partition coefficient (Wildman–Crippen LogP) is 4.11. The number of hydrogen-bond donors (Lipinski definition) is 1. The maximum atomic E-state index is 12.4. The van der Waals surface area contributed by atoms with Gasteiger partial charge in [0.05, 0.1) is 19.2 Å². The third kappa shape index (κ3) is 5.38. The zero-order valence-corrected chi connectivity index (χ0v) is 17.8. The number of rotatable bonds is 6. The van der Waals surface area contributed by atoms with Gasteiger partial charge in [-0.25, -0.2) is 9.59 Å². The molecule has 7 nitrogen and oxygen atoms in total. The summed E-state index contributed by atoms with van der Waals surface area (Å²) in [6, 6.07) is 5.43. The fourth-order valence-corrected chi connectivity index (χ4v) is 3.31. The smallest absolute Gasteiger partial charge is 0.407 e. The Labute approximate surface area is 167 Å². The minimum absolute atomic E-state index is 0.279. The lowest BCUT2D eigenvalue weighted by Crippen LogP contribution is -2.34. The van der Waals surface area contributed by atoms with Crippen molar-refractivity contribution in [1.29, 1.82) is 0 Å². The number of halogens is 1. The number of carbonyl (C=O) groups excluding carboxylic acids is 2. The van der Waals surface area contributed by atoms with E-state index in [0.717, 1.165) is 15.4 Å². The fourth-order valence-electron chi connectivity index (χ4n) is 2.64. The SMILES string of the molecule is CCOC(=O)c1cc2cc(OC)cc(Br)c2n1CCNC(=O)OC(C)(C)C. The standard InChI is InChI=1S/C19H25BrN2O5/c1-6-26-17(23)15-10-12-9-13(25-5)11-14(20)16(12)22(15)8-7-21-18(24)27-19(2,3)4/h9-11H,6-8H2,1-5H3,(H,21,24). The van der Waals surface area contributed by atoms with Crippen molar-refractivity contribution in [3.63, 3.8) is 0 Å². The first-order chi connectivity index (χ1) is 12.7. The second-order valence-electron chi connectivity index (χ2n) is 6.88. The molecule has 2 rings (SSSR count). The first-order valence-corrected chi connectivity index (χ1v) is 9.46. The van der Waals surface area contributed by atoms with Gasteiger partial charge in [0.1, 0.15) is 17.0 Å². The Balaban J connectivity index is 2.30. The first-order valence-electron chi connectivity index (χ1n) is 8.67. The van der Waals surface area contributed by atoms with Crippen molar-refractivity contribution >= 4 is 38.9 Å². The van der Waals surface area contributed by atoms with Gasteiger partial charge in [-0.05, 0) is 61.8 Å². The molecule has 1 N–H and O–H groups in total. The Morgan fingerprint density at radius 1 is 1.22 bits per heavy atom. The number of methoxy groups -OCH3 is 1. The van der Waals surface area contributed by atoms with E-state index in [1.165, 1.54) is 0 Å². The molecule has 1 heterocycles. The summed E-state index contributed by atoms with van der Waals surface area (Å²) in [7, 11) is 1.58. The van der Waals surface area contributed by atoms with Crippen LogP contribution in [-0.4, -0.2) is 42.5 Å². The molecule has 0 unspecified atom stereocenters. The van der Waals surface area contributed by atoms with E-state index < -0.39 is 17.7 Å². The van der Waals surface area contributed by atoms with E-state index >= 15 is 0 Å². The number of esters is 1. The molecule has 0 radical (unpaired) electrons. The van der Waals surface area contributed by atoms with Crippen LogP contribution in [0.2, 0.25) is 0 Å². The average molecular weight is 441 g/mol. The topological polar surface area (TPSA) is 78.8 Å². The van der Waals surface area contributed by atoms with Crippen LogP contribution in [0.3, 0.4) is 0 Å². The summed E-state index contributed by atoms with van der Waals surface area (Å²) in [6.45, 7) is 8.11. The number of nitrogens with one attached hydrogen (secondary N) is 1. The van der Waals surface area contributed by atoms with Crippen LogP contribution in [0.15, 0.2) is 22.7 Å². The number of carbonyl (C=O) groups is 2. The minimum atomic E-state index is -0.570. The highest BCUT2D eigenvalue weighted by Gasteiger charge is 2.20. The number of amides is 1. The van der Waals surface area contributed by atoms with Gasteiger partial charge in [0.15, 0.2) is 0 Å². The predicted molar refractivity (Wildman–Crippen MR) is 106 cm³/mol. The molecule has 27 heavy (non-hydrogen) atoms. The number of benzene rings is 1. The Bertz CT molecular complexity index is 839. The Hall–Kier alpha value is -2.22. The molecular weight excluding hydrogens is 416 g/mol. The van der Waals surface area contributed by atoms with Gasteiger partial charge in [-0.1, -0.05) is 0 Å². The molecule has 1 aromatic carbocycles. The highest BCUT2D eigenvalue weighted by molar-refractivity contribution is 9.10. The van der Waals surface area contributed by atoms with Gasteiger partial charge in [0, 0.05) is 22.9 Å². The summed E-state index contributed by atoms with van der Waals surface area (Å²) in [5, 5.41) is 3.54. The minimum Gasteiger partial charge on any atom is -0.497 e. The van der Waals surface area contributed by atoms with Gasteiger partial charge in [-0.2, -0.15) is 0 Å². The Kier molecular flexibility index (Phi) is 6.75. The van der Waals surface area contributed by atoms with Gasteiger partial charge in [0.25, 0.3) is 0 Å². The zero-order chi connectivity index (χ0) is 20.2. The monoisotopic (exact) mass is 440 g/mol. The number of ether oxygens (including phenoxy) is 3. The maximum absolute atomic E-state index is 12.4. The second kappa shape index (κ2) is 8.65. The summed E-state index contributed by atoms with van der Waals surface area (Å²) in [5.74, 6) is 0.255. The third-order valence-electron chi connectivity index (χ3n) is 3.64. The molecule has 2 aromatic rings. The van der Waals surface area contributed by atoms with Crippen molar-refractivity contribution in [3.05, 3.63) is 28.4 Å². The molecule has 0 atom stereocenters. The first kappa shape index (κ1) is 21.1. The summed E-state index contributed by atoms with van der Waals surface area (Å²) in [4.78, 5) is 24.2. The van der Waals surface area contributed by atoms with Gasteiger partial charge in [0.2, 0.25) is 0 Å². The molecule has 1 amide bonds. The molecule has 0 bridgehead atoms. The average Bonchev–Trinajstić information content (AvgIpc) is 2.92. The van der Waals surface area contributed by atoms with E-state index in [1.54, 1.807) is 40.9 Å². The molecule has 0 saturated carbocycles. The van der Waals surface area contributed by atoms with Gasteiger partial charge < -0.3 is 24.1 Å². The molecule has 0 saturated heterocycles. The number of fused-ring (bicyclic) bond motifs is 1. The van der Waals surface area contributed by atoms with Crippen molar-refractivity contribution in [1.82, 2.24) is 9.88 Å². The van der Waals surface area contributed by atoms with Crippen LogP contribution in [0.4, 0.5) is 4.79 Å². The maximum Gasteiger partial charge on any atom is 0.407 e. The Morgan fingerprint density at radius 2 is 1.93 bits per heavy atom. The lowest BCUT2D eigenvalue weighted by atomic mass is 10.2. The number of hydrogen-bond acceptors (Lipinski definition) is 5. The summed E-state index contributed by atoms with van der Waals surface area (Å²) in [5.41, 5.74) is 0.663. The second-order valence-corrected chi connectivity index (χ2v) is 7.73. The van der Waals surface area contributed by atoms with E-state index in [1.807, 2.05) is 16.7 Å². The molecule has 148 valence electrons. The van der Waals surface area contributed by atoms with Crippen LogP contribution in [0.25, 0.3) is 10.9 Å². The van der Waals surface area contributed by atoms with Gasteiger partial charge in [-0.15, -0.1) is 0 Å². The number of aromatic nitrogens is 1. The lowest BCUT2D eigenvalue weighted by molar-refractivity contribution is 0.0514. The summed E-state index contributed by atoms with van der Waals surface area (Å²) in [6.07, 6.45) is -0.502. The van der Waals surface area contributed by atoms with Crippen LogP contribution in [0, 0.1) is 0 Å². The highest BCUT2D eigenvalue weighted by atomic mass is 79.9. The van der Waals surface area contributed by atoms with Gasteiger partial charge >= 0.3 is 12.1 Å². The van der Waals surface area contributed by atoms with E-state index in [0.29, 0.717) is 24.5 Å². The molecule has 0 aliphatic carbocycles. The van der Waals surface area contributed by atoms with Crippen molar-refractivity contribution in [2.24, 2.45) is 0 Å².